The fourth-order valence-corrected chi connectivity index (χ4v) is 3.76. The number of carbonyl (C=O) groups excluding carboxylic acids is 2. The van der Waals surface area contributed by atoms with Crippen LogP contribution in [-0.4, -0.2) is 49.1 Å². The van der Waals surface area contributed by atoms with E-state index in [2.05, 4.69) is 10.2 Å². The van der Waals surface area contributed by atoms with Crippen LogP contribution >= 0.6 is 0 Å². The normalized spacial score (nSPS) is 25.6. The smallest absolute Gasteiger partial charge is 0.329 e. The Hall–Kier alpha value is -1.10. The molecular weight excluding hydrogens is 256 g/mol. The van der Waals surface area contributed by atoms with Crippen LogP contribution in [0.2, 0.25) is 0 Å². The van der Waals surface area contributed by atoms with Gasteiger partial charge in [0.05, 0.1) is 7.11 Å². The van der Waals surface area contributed by atoms with E-state index in [-0.39, 0.29) is 11.9 Å². The zero-order valence-electron chi connectivity index (χ0n) is 12.6. The highest BCUT2D eigenvalue weighted by Gasteiger charge is 2.35. The molecule has 1 aliphatic carbocycles. The maximum Gasteiger partial charge on any atom is 0.329 e. The summed E-state index contributed by atoms with van der Waals surface area (Å²) < 4.78 is 4.80. The number of ether oxygens (including phenoxy) is 1. The van der Waals surface area contributed by atoms with Gasteiger partial charge < -0.3 is 10.1 Å². The van der Waals surface area contributed by atoms with Gasteiger partial charge >= 0.3 is 5.97 Å². The van der Waals surface area contributed by atoms with E-state index < -0.39 is 6.04 Å². The summed E-state index contributed by atoms with van der Waals surface area (Å²) in [4.78, 5) is 25.4. The molecule has 0 aromatic carbocycles. The molecule has 1 heterocycles. The molecule has 0 radical (unpaired) electrons. The molecule has 2 rings (SSSR count). The lowest BCUT2D eigenvalue weighted by molar-refractivity contribution is -0.145. The lowest BCUT2D eigenvalue weighted by Gasteiger charge is -2.31. The predicted molar refractivity (Wildman–Crippen MR) is 76.2 cm³/mol. The average Bonchev–Trinajstić information content (AvgIpc) is 3.06. The van der Waals surface area contributed by atoms with Crippen molar-refractivity contribution >= 4 is 11.9 Å². The summed E-state index contributed by atoms with van der Waals surface area (Å²) in [5.74, 6) is 0.238. The molecule has 0 aromatic rings. The summed E-state index contributed by atoms with van der Waals surface area (Å²) in [6.45, 7) is 3.04. The van der Waals surface area contributed by atoms with Crippen molar-refractivity contribution in [3.8, 4) is 0 Å². The molecule has 1 saturated carbocycles. The van der Waals surface area contributed by atoms with Crippen LogP contribution in [0, 0.1) is 5.92 Å². The Balaban J connectivity index is 1.96. The monoisotopic (exact) mass is 282 g/mol. The van der Waals surface area contributed by atoms with E-state index in [9.17, 15) is 9.59 Å². The minimum Gasteiger partial charge on any atom is -0.467 e. The lowest BCUT2D eigenvalue weighted by atomic mass is 9.96. The van der Waals surface area contributed by atoms with Crippen molar-refractivity contribution < 1.29 is 14.3 Å². The van der Waals surface area contributed by atoms with Gasteiger partial charge in [-0.2, -0.15) is 0 Å². The molecule has 0 aromatic heterocycles. The second-order valence-corrected chi connectivity index (χ2v) is 6.03. The highest BCUT2D eigenvalue weighted by atomic mass is 16.5. The van der Waals surface area contributed by atoms with E-state index in [1.165, 1.54) is 52.6 Å². The molecule has 2 fully saturated rings. The number of methoxy groups -OCH3 is 1. The van der Waals surface area contributed by atoms with Crippen molar-refractivity contribution in [2.45, 2.75) is 57.5 Å². The molecule has 2 atom stereocenters. The Morgan fingerprint density at radius 2 is 1.95 bits per heavy atom. The van der Waals surface area contributed by atoms with E-state index in [0.717, 1.165) is 12.5 Å². The third-order valence-electron chi connectivity index (χ3n) is 4.64. The van der Waals surface area contributed by atoms with Gasteiger partial charge in [0.25, 0.3) is 0 Å². The number of nitrogens with one attached hydrogen (secondary N) is 1. The van der Waals surface area contributed by atoms with Crippen LogP contribution in [0.15, 0.2) is 0 Å². The Labute approximate surface area is 121 Å². The molecule has 0 bridgehead atoms. The van der Waals surface area contributed by atoms with Crippen LogP contribution in [0.1, 0.15) is 45.4 Å². The number of hydrogen-bond donors (Lipinski definition) is 1. The van der Waals surface area contributed by atoms with Gasteiger partial charge in [0, 0.05) is 19.5 Å². The first kappa shape index (κ1) is 15.3. The summed E-state index contributed by atoms with van der Waals surface area (Å²) in [7, 11) is 1.37. The summed E-state index contributed by atoms with van der Waals surface area (Å²) in [5.41, 5.74) is 0. The van der Waals surface area contributed by atoms with Gasteiger partial charge in [-0.1, -0.05) is 12.8 Å². The molecule has 1 saturated heterocycles. The van der Waals surface area contributed by atoms with Crippen molar-refractivity contribution in [3.05, 3.63) is 0 Å². The van der Waals surface area contributed by atoms with E-state index in [1.54, 1.807) is 0 Å². The number of esters is 1. The van der Waals surface area contributed by atoms with Crippen molar-refractivity contribution in [2.75, 3.05) is 20.2 Å². The Kier molecular flexibility index (Phi) is 5.40. The molecule has 0 spiro atoms. The standard InChI is InChI=1S/C15H26N2O3/c1-11(18)16-13(15(19)20-2)10-17-9-5-8-14(17)12-6-3-4-7-12/h12-14H,3-10H2,1-2H3,(H,16,18). The van der Waals surface area contributed by atoms with E-state index in [1.807, 2.05) is 0 Å². The van der Waals surface area contributed by atoms with E-state index in [0.29, 0.717) is 12.6 Å². The number of nitrogens with zero attached hydrogens (tertiary/aromatic N) is 1. The van der Waals surface area contributed by atoms with Gasteiger partial charge in [0.15, 0.2) is 0 Å². The lowest BCUT2D eigenvalue weighted by Crippen LogP contribution is -2.50. The second kappa shape index (κ2) is 7.07. The first-order chi connectivity index (χ1) is 9.61. The molecule has 2 unspecified atom stereocenters. The van der Waals surface area contributed by atoms with Gasteiger partial charge in [-0.05, 0) is 38.1 Å². The maximum atomic E-state index is 11.8. The highest BCUT2D eigenvalue weighted by molar-refractivity contribution is 5.83. The van der Waals surface area contributed by atoms with Crippen molar-refractivity contribution in [3.63, 3.8) is 0 Å². The number of amides is 1. The molecule has 114 valence electrons. The zero-order chi connectivity index (χ0) is 14.5. The van der Waals surface area contributed by atoms with Gasteiger partial charge in [0.1, 0.15) is 6.04 Å². The summed E-state index contributed by atoms with van der Waals surface area (Å²) >= 11 is 0. The summed E-state index contributed by atoms with van der Waals surface area (Å²) in [6, 6.07) is 0.0397. The summed E-state index contributed by atoms with van der Waals surface area (Å²) in [5, 5.41) is 2.71. The van der Waals surface area contributed by atoms with Gasteiger partial charge in [-0.25, -0.2) is 4.79 Å². The van der Waals surface area contributed by atoms with Crippen LogP contribution in [0.3, 0.4) is 0 Å². The van der Waals surface area contributed by atoms with Crippen LogP contribution in [0.25, 0.3) is 0 Å². The third kappa shape index (κ3) is 3.72. The number of rotatable bonds is 5. The number of likely N-dealkylation sites (tertiary alicyclic amines) is 1. The molecule has 20 heavy (non-hydrogen) atoms. The first-order valence-corrected chi connectivity index (χ1v) is 7.70. The minimum absolute atomic E-state index is 0.183. The number of carbonyl (C=O) groups is 2. The molecule has 1 aliphatic heterocycles. The van der Waals surface area contributed by atoms with Crippen molar-refractivity contribution in [1.29, 1.82) is 0 Å². The zero-order valence-corrected chi connectivity index (χ0v) is 12.6. The molecule has 1 amide bonds. The van der Waals surface area contributed by atoms with Crippen LogP contribution in [0.5, 0.6) is 0 Å². The molecule has 5 nitrogen and oxygen atoms in total. The fourth-order valence-electron chi connectivity index (χ4n) is 3.76. The quantitative estimate of drug-likeness (QED) is 0.773. The van der Waals surface area contributed by atoms with Crippen LogP contribution in [-0.2, 0) is 14.3 Å². The largest absolute Gasteiger partial charge is 0.467 e. The predicted octanol–water partition coefficient (Wildman–Crippen LogP) is 1.32. The van der Waals surface area contributed by atoms with Gasteiger partial charge in [-0.15, -0.1) is 0 Å². The second-order valence-electron chi connectivity index (χ2n) is 6.03. The van der Waals surface area contributed by atoms with Crippen molar-refractivity contribution in [2.24, 2.45) is 5.92 Å². The topological polar surface area (TPSA) is 58.6 Å². The third-order valence-corrected chi connectivity index (χ3v) is 4.64. The highest BCUT2D eigenvalue weighted by Crippen LogP contribution is 2.35. The van der Waals surface area contributed by atoms with Crippen LogP contribution < -0.4 is 5.32 Å². The van der Waals surface area contributed by atoms with Gasteiger partial charge in [-0.3, -0.25) is 9.69 Å². The Bertz CT molecular complexity index is 353. The average molecular weight is 282 g/mol. The van der Waals surface area contributed by atoms with Gasteiger partial charge in [0.2, 0.25) is 5.91 Å². The molecule has 1 N–H and O–H groups in total. The minimum atomic E-state index is -0.542. The Morgan fingerprint density at radius 1 is 1.25 bits per heavy atom. The van der Waals surface area contributed by atoms with E-state index >= 15 is 0 Å². The molecular formula is C15H26N2O3. The maximum absolute atomic E-state index is 11.8. The van der Waals surface area contributed by atoms with Crippen LogP contribution in [0.4, 0.5) is 0 Å². The Morgan fingerprint density at radius 3 is 2.55 bits per heavy atom. The molecule has 2 aliphatic rings. The van der Waals surface area contributed by atoms with Crippen molar-refractivity contribution in [1.82, 2.24) is 10.2 Å². The summed E-state index contributed by atoms with van der Waals surface area (Å²) in [6.07, 6.45) is 7.70. The SMILES string of the molecule is COC(=O)C(CN1CCCC1C1CCCC1)NC(C)=O. The first-order valence-electron chi connectivity index (χ1n) is 7.70. The molecule has 5 heteroatoms. The van der Waals surface area contributed by atoms with E-state index in [4.69, 9.17) is 4.74 Å². The number of hydrogen-bond acceptors (Lipinski definition) is 4. The fraction of sp³-hybridized carbons (Fsp3) is 0.867.